The summed E-state index contributed by atoms with van der Waals surface area (Å²) < 4.78 is 32.3. The van der Waals surface area contributed by atoms with E-state index in [1.54, 1.807) is 36.4 Å². The van der Waals surface area contributed by atoms with E-state index in [1.165, 1.54) is 16.2 Å². The molecule has 1 atom stereocenters. The average molecular weight is 491 g/mol. The molecule has 162 valence electrons. The van der Waals surface area contributed by atoms with Crippen LogP contribution in [0.15, 0.2) is 36.4 Å². The number of sulfonamides is 1. The second-order valence-corrected chi connectivity index (χ2v) is 10.6. The van der Waals surface area contributed by atoms with E-state index in [9.17, 15) is 18.0 Å². The number of nitrogens with zero attached hydrogens (tertiary/aromatic N) is 1. The number of hydrogen-bond acceptors (Lipinski definition) is 6. The first-order chi connectivity index (χ1) is 14.3. The normalized spacial score (nSPS) is 16.5. The van der Waals surface area contributed by atoms with Crippen LogP contribution in [0.4, 0.5) is 16.2 Å². The van der Waals surface area contributed by atoms with Crippen LogP contribution in [0.1, 0.15) is 28.9 Å². The van der Waals surface area contributed by atoms with Gasteiger partial charge in [0.15, 0.2) is 5.78 Å². The first-order valence-electron chi connectivity index (χ1n) is 9.20. The molecular weight excluding hydrogens is 471 g/mol. The summed E-state index contributed by atoms with van der Waals surface area (Å²) in [6.07, 6.45) is 0.131. The third kappa shape index (κ3) is 6.10. The lowest BCUT2D eigenvalue weighted by Gasteiger charge is -2.14. The van der Waals surface area contributed by atoms with Gasteiger partial charge < -0.3 is 4.74 Å². The molecule has 1 aromatic heterocycles. The smallest absolute Gasteiger partial charge is 0.414 e. The minimum Gasteiger partial charge on any atom is -0.444 e. The van der Waals surface area contributed by atoms with Crippen LogP contribution < -0.4 is 9.62 Å². The Kier molecular flexibility index (Phi) is 7.62. The number of ether oxygens (including phenoxy) is 1. The molecule has 0 bridgehead atoms. The van der Waals surface area contributed by atoms with Gasteiger partial charge >= 0.3 is 6.09 Å². The fourth-order valence-corrected chi connectivity index (χ4v) is 5.37. The van der Waals surface area contributed by atoms with Crippen LogP contribution in [0, 0.1) is 0 Å². The van der Waals surface area contributed by atoms with Crippen molar-refractivity contribution in [1.29, 1.82) is 0 Å². The monoisotopic (exact) mass is 490 g/mol. The molecule has 11 heteroatoms. The molecule has 3 rings (SSSR count). The molecule has 1 aliphatic rings. The van der Waals surface area contributed by atoms with Crippen molar-refractivity contribution in [3.05, 3.63) is 45.6 Å². The summed E-state index contributed by atoms with van der Waals surface area (Å²) in [5, 5.41) is 0. The molecule has 1 aromatic carbocycles. The van der Waals surface area contributed by atoms with E-state index in [4.69, 9.17) is 27.9 Å². The molecule has 30 heavy (non-hydrogen) atoms. The van der Waals surface area contributed by atoms with Gasteiger partial charge in [0.25, 0.3) is 0 Å². The fourth-order valence-electron chi connectivity index (χ4n) is 2.95. The van der Waals surface area contributed by atoms with Gasteiger partial charge in [0.05, 0.1) is 21.5 Å². The Labute approximate surface area is 189 Å². The van der Waals surface area contributed by atoms with Crippen LogP contribution in [0.5, 0.6) is 0 Å². The molecule has 1 aliphatic heterocycles. The zero-order chi connectivity index (χ0) is 21.7. The number of thiophene rings is 1. The van der Waals surface area contributed by atoms with Crippen molar-refractivity contribution in [2.24, 2.45) is 0 Å². The Hall–Kier alpha value is -1.81. The number of halogens is 2. The first-order valence-corrected chi connectivity index (χ1v) is 12.6. The van der Waals surface area contributed by atoms with Gasteiger partial charge in [-0.05, 0) is 49.2 Å². The van der Waals surface area contributed by atoms with Crippen molar-refractivity contribution in [1.82, 2.24) is 0 Å². The number of cyclic esters (lactones) is 1. The number of carbonyl (C=O) groups excluding carboxylic acids is 2. The Morgan fingerprint density at radius 1 is 1.23 bits per heavy atom. The van der Waals surface area contributed by atoms with Gasteiger partial charge in [-0.25, -0.2) is 13.2 Å². The Bertz CT molecular complexity index is 1010. The number of carbonyl (C=O) groups is 2. The van der Waals surface area contributed by atoms with Crippen LogP contribution in [-0.2, 0) is 14.8 Å². The van der Waals surface area contributed by atoms with Crippen molar-refractivity contribution in [3.63, 3.8) is 0 Å². The second-order valence-electron chi connectivity index (χ2n) is 6.69. The molecule has 1 N–H and O–H groups in total. The highest BCUT2D eigenvalue weighted by Crippen LogP contribution is 2.27. The number of rotatable bonds is 10. The number of nitrogens with one attached hydrogen (secondary N) is 1. The lowest BCUT2D eigenvalue weighted by molar-refractivity contribution is 0.0943. The predicted octanol–water partition coefficient (Wildman–Crippen LogP) is 4.76. The van der Waals surface area contributed by atoms with Gasteiger partial charge in [0.2, 0.25) is 10.0 Å². The highest BCUT2D eigenvalue weighted by molar-refractivity contribution is 7.92. The van der Waals surface area contributed by atoms with Crippen LogP contribution in [0.3, 0.4) is 0 Å². The summed E-state index contributed by atoms with van der Waals surface area (Å²) in [5.41, 5.74) is 0.986. The highest BCUT2D eigenvalue weighted by Gasteiger charge is 2.32. The summed E-state index contributed by atoms with van der Waals surface area (Å²) in [6, 6.07) is 9.81. The molecule has 7 nitrogen and oxygen atoms in total. The second kappa shape index (κ2) is 10.00. The van der Waals surface area contributed by atoms with Gasteiger partial charge in [0, 0.05) is 23.7 Å². The maximum Gasteiger partial charge on any atom is 0.414 e. The molecule has 0 spiro atoms. The number of anilines is 2. The topological polar surface area (TPSA) is 92.8 Å². The molecule has 1 saturated heterocycles. The number of hydrogen-bond donors (Lipinski definition) is 1. The SMILES string of the molecule is O=C(CCC1CN(c2ccc(NS(=O)(=O)CCCCl)cc2)C(=O)O1)c1ccc(Cl)s1. The van der Waals surface area contributed by atoms with Crippen molar-refractivity contribution < 1.29 is 22.7 Å². The summed E-state index contributed by atoms with van der Waals surface area (Å²) in [7, 11) is -3.46. The average Bonchev–Trinajstić information content (AvgIpc) is 3.30. The minimum absolute atomic E-state index is 0.0350. The molecular formula is C19H20Cl2N2O5S2. The van der Waals surface area contributed by atoms with Crippen LogP contribution in [-0.4, -0.2) is 44.6 Å². The summed E-state index contributed by atoms with van der Waals surface area (Å²) in [4.78, 5) is 26.5. The number of benzene rings is 1. The highest BCUT2D eigenvalue weighted by atomic mass is 35.5. The molecule has 2 aromatic rings. The van der Waals surface area contributed by atoms with E-state index >= 15 is 0 Å². The summed E-state index contributed by atoms with van der Waals surface area (Å²) in [6.45, 7) is 0.318. The van der Waals surface area contributed by atoms with Crippen molar-refractivity contribution in [2.75, 3.05) is 27.8 Å². The lowest BCUT2D eigenvalue weighted by atomic mass is 10.1. The Morgan fingerprint density at radius 2 is 1.97 bits per heavy atom. The standard InChI is InChI=1S/C19H20Cl2N2O5S2/c20-10-1-11-30(26,27)22-13-2-4-14(5-3-13)23-12-15(28-19(23)25)6-7-16(24)17-8-9-18(21)29-17/h2-5,8-9,15,22H,1,6-7,10-12H2. The largest absolute Gasteiger partial charge is 0.444 e. The van der Waals surface area contributed by atoms with Crippen LogP contribution >= 0.6 is 34.5 Å². The third-order valence-electron chi connectivity index (χ3n) is 4.41. The van der Waals surface area contributed by atoms with Crippen molar-refractivity contribution >= 4 is 67.8 Å². The molecule has 0 radical (unpaired) electrons. The summed E-state index contributed by atoms with van der Waals surface area (Å²) >= 11 is 12.6. The van der Waals surface area contributed by atoms with Gasteiger partial charge in [-0.2, -0.15) is 0 Å². The van der Waals surface area contributed by atoms with Crippen molar-refractivity contribution in [2.45, 2.75) is 25.4 Å². The maximum absolute atomic E-state index is 12.2. The number of ketones is 1. The predicted molar refractivity (Wildman–Crippen MR) is 120 cm³/mol. The number of amides is 1. The quantitative estimate of drug-likeness (QED) is 0.382. The van der Waals surface area contributed by atoms with Gasteiger partial charge in [-0.15, -0.1) is 22.9 Å². The molecule has 1 fully saturated rings. The number of alkyl halides is 1. The minimum atomic E-state index is -3.46. The fraction of sp³-hybridized carbons (Fsp3) is 0.368. The lowest BCUT2D eigenvalue weighted by Crippen LogP contribution is -2.24. The van der Waals surface area contributed by atoms with E-state index in [-0.39, 0.29) is 23.8 Å². The first kappa shape index (κ1) is 22.9. The number of Topliss-reactive ketones (excluding diaryl/α,β-unsaturated/α-hetero) is 1. The molecule has 0 aliphatic carbocycles. The van der Waals surface area contributed by atoms with Crippen LogP contribution in [0.2, 0.25) is 4.34 Å². The van der Waals surface area contributed by atoms with Crippen molar-refractivity contribution in [3.8, 4) is 0 Å². The molecule has 1 amide bonds. The van der Waals surface area contributed by atoms with Gasteiger partial charge in [0.1, 0.15) is 6.10 Å². The van der Waals surface area contributed by atoms with Gasteiger partial charge in [-0.1, -0.05) is 11.6 Å². The molecule has 1 unspecified atom stereocenters. The third-order valence-corrected chi connectivity index (χ3v) is 7.33. The Balaban J connectivity index is 1.55. The van der Waals surface area contributed by atoms with Gasteiger partial charge in [-0.3, -0.25) is 14.4 Å². The molecule has 0 saturated carbocycles. The van der Waals surface area contributed by atoms with E-state index < -0.39 is 22.2 Å². The zero-order valence-corrected chi connectivity index (χ0v) is 19.0. The Morgan fingerprint density at radius 3 is 2.60 bits per heavy atom. The van der Waals surface area contributed by atoms with E-state index in [2.05, 4.69) is 4.72 Å². The zero-order valence-electron chi connectivity index (χ0n) is 15.8. The van der Waals surface area contributed by atoms with E-state index in [0.717, 1.165) is 0 Å². The molecule has 2 heterocycles. The summed E-state index contributed by atoms with van der Waals surface area (Å²) in [5.74, 6) is 0.173. The van der Waals surface area contributed by atoms with E-state index in [1.807, 2.05) is 0 Å². The van der Waals surface area contributed by atoms with E-state index in [0.29, 0.717) is 40.0 Å². The maximum atomic E-state index is 12.2. The van der Waals surface area contributed by atoms with Crippen LogP contribution in [0.25, 0.3) is 0 Å².